The maximum atomic E-state index is 5.73. The predicted octanol–water partition coefficient (Wildman–Crippen LogP) is 0.156. The van der Waals surface area contributed by atoms with E-state index >= 15 is 0 Å². The molecule has 1 saturated heterocycles. The number of hydrogen-bond donors (Lipinski definition) is 1. The van der Waals surface area contributed by atoms with Gasteiger partial charge in [0.05, 0.1) is 13.2 Å². The van der Waals surface area contributed by atoms with E-state index in [1.165, 1.54) is 6.42 Å². The Morgan fingerprint density at radius 2 is 2.38 bits per heavy atom. The van der Waals surface area contributed by atoms with Crippen LogP contribution in [0.5, 0.6) is 0 Å². The van der Waals surface area contributed by atoms with Gasteiger partial charge in [0.2, 0.25) is 0 Å². The van der Waals surface area contributed by atoms with Crippen LogP contribution in [0.3, 0.4) is 0 Å². The molecular formula is C5H10ClNO. The SMILES string of the molecule is Cl.NC12COCC1C2. The average Bonchev–Trinajstić information content (AvgIpc) is 2.09. The van der Waals surface area contributed by atoms with Gasteiger partial charge < -0.3 is 10.5 Å². The van der Waals surface area contributed by atoms with E-state index in [-0.39, 0.29) is 17.9 Å². The normalized spacial score (nSPS) is 49.9. The number of ether oxygens (including phenoxy) is 1. The molecule has 0 aromatic rings. The third-order valence-electron chi connectivity index (χ3n) is 1.97. The van der Waals surface area contributed by atoms with Crippen molar-refractivity contribution in [3.8, 4) is 0 Å². The molecule has 8 heavy (non-hydrogen) atoms. The molecule has 2 fully saturated rings. The molecule has 1 aliphatic carbocycles. The molecule has 1 heterocycles. The van der Waals surface area contributed by atoms with Crippen LogP contribution in [-0.4, -0.2) is 18.8 Å². The van der Waals surface area contributed by atoms with Crippen molar-refractivity contribution in [1.29, 1.82) is 0 Å². The first-order valence-electron chi connectivity index (χ1n) is 2.68. The van der Waals surface area contributed by atoms with Crippen molar-refractivity contribution in [2.24, 2.45) is 11.7 Å². The molecule has 0 aromatic carbocycles. The van der Waals surface area contributed by atoms with Gasteiger partial charge in [0.15, 0.2) is 0 Å². The Labute approximate surface area is 54.8 Å². The third kappa shape index (κ3) is 0.642. The second-order valence-electron chi connectivity index (χ2n) is 2.65. The fourth-order valence-corrected chi connectivity index (χ4v) is 1.19. The number of hydrogen-bond acceptors (Lipinski definition) is 2. The van der Waals surface area contributed by atoms with Crippen molar-refractivity contribution >= 4 is 12.4 Å². The lowest BCUT2D eigenvalue weighted by Gasteiger charge is -1.97. The van der Waals surface area contributed by atoms with Crippen LogP contribution in [0, 0.1) is 5.92 Å². The first kappa shape index (κ1) is 6.33. The maximum Gasteiger partial charge on any atom is 0.0650 e. The highest BCUT2D eigenvalue weighted by molar-refractivity contribution is 5.85. The first-order chi connectivity index (χ1) is 3.31. The number of halogens is 1. The minimum Gasteiger partial charge on any atom is -0.379 e. The molecule has 2 N–H and O–H groups in total. The van der Waals surface area contributed by atoms with Crippen LogP contribution in [0.15, 0.2) is 0 Å². The molecular weight excluding hydrogens is 126 g/mol. The predicted molar refractivity (Wildman–Crippen MR) is 33.1 cm³/mol. The molecule has 0 aromatic heterocycles. The molecule has 2 unspecified atom stereocenters. The molecule has 0 amide bonds. The highest BCUT2D eigenvalue weighted by atomic mass is 35.5. The zero-order valence-electron chi connectivity index (χ0n) is 4.59. The fourth-order valence-electron chi connectivity index (χ4n) is 1.19. The topological polar surface area (TPSA) is 35.2 Å². The summed E-state index contributed by atoms with van der Waals surface area (Å²) in [6, 6.07) is 0. The van der Waals surface area contributed by atoms with Crippen LogP contribution in [0.2, 0.25) is 0 Å². The van der Waals surface area contributed by atoms with Crippen molar-refractivity contribution < 1.29 is 4.74 Å². The van der Waals surface area contributed by atoms with Crippen LogP contribution < -0.4 is 5.73 Å². The van der Waals surface area contributed by atoms with E-state index in [1.54, 1.807) is 0 Å². The van der Waals surface area contributed by atoms with E-state index in [0.717, 1.165) is 13.2 Å². The standard InChI is InChI=1S/C5H9NO.ClH/c6-5-1-4(5)2-7-3-5;/h4H,1-3,6H2;1H. The average molecular weight is 136 g/mol. The van der Waals surface area contributed by atoms with Crippen molar-refractivity contribution in [3.63, 3.8) is 0 Å². The number of fused-ring (bicyclic) bond motifs is 1. The molecule has 2 nitrogen and oxygen atoms in total. The van der Waals surface area contributed by atoms with Gasteiger partial charge in [-0.2, -0.15) is 0 Å². The number of rotatable bonds is 0. The molecule has 2 aliphatic rings. The highest BCUT2D eigenvalue weighted by Crippen LogP contribution is 2.45. The minimum atomic E-state index is 0. The quantitative estimate of drug-likeness (QED) is 0.514. The van der Waals surface area contributed by atoms with Crippen LogP contribution in [0.4, 0.5) is 0 Å². The molecule has 0 spiro atoms. The summed E-state index contributed by atoms with van der Waals surface area (Å²) in [5.74, 6) is 0.715. The Balaban J connectivity index is 0.000000320. The van der Waals surface area contributed by atoms with Crippen LogP contribution in [0.25, 0.3) is 0 Å². The largest absolute Gasteiger partial charge is 0.379 e. The third-order valence-corrected chi connectivity index (χ3v) is 1.97. The summed E-state index contributed by atoms with van der Waals surface area (Å²) in [7, 11) is 0. The molecule has 2 rings (SSSR count). The maximum absolute atomic E-state index is 5.73. The first-order valence-corrected chi connectivity index (χ1v) is 2.68. The summed E-state index contributed by atoms with van der Waals surface area (Å²) in [6.07, 6.45) is 1.20. The number of nitrogens with two attached hydrogens (primary N) is 1. The molecule has 1 saturated carbocycles. The summed E-state index contributed by atoms with van der Waals surface area (Å²) >= 11 is 0. The Bertz CT molecular complexity index is 107. The van der Waals surface area contributed by atoms with Gasteiger partial charge in [-0.15, -0.1) is 12.4 Å². The summed E-state index contributed by atoms with van der Waals surface area (Å²) in [5.41, 5.74) is 5.87. The summed E-state index contributed by atoms with van der Waals surface area (Å²) < 4.78 is 5.08. The van der Waals surface area contributed by atoms with E-state index in [4.69, 9.17) is 10.5 Å². The van der Waals surface area contributed by atoms with Crippen molar-refractivity contribution in [2.75, 3.05) is 13.2 Å². The lowest BCUT2D eigenvalue weighted by Crippen LogP contribution is -2.25. The lowest BCUT2D eigenvalue weighted by molar-refractivity contribution is 0.161. The molecule has 0 bridgehead atoms. The van der Waals surface area contributed by atoms with E-state index in [1.807, 2.05) is 0 Å². The van der Waals surface area contributed by atoms with Gasteiger partial charge >= 0.3 is 0 Å². The fraction of sp³-hybridized carbons (Fsp3) is 1.00. The highest BCUT2D eigenvalue weighted by Gasteiger charge is 2.55. The Hall–Kier alpha value is 0.210. The zero-order valence-corrected chi connectivity index (χ0v) is 5.41. The molecule has 1 aliphatic heterocycles. The summed E-state index contributed by atoms with van der Waals surface area (Å²) in [5, 5.41) is 0. The van der Waals surface area contributed by atoms with Gasteiger partial charge in [-0.1, -0.05) is 0 Å². The van der Waals surface area contributed by atoms with Crippen molar-refractivity contribution in [1.82, 2.24) is 0 Å². The van der Waals surface area contributed by atoms with E-state index in [2.05, 4.69) is 0 Å². The smallest absolute Gasteiger partial charge is 0.0650 e. The van der Waals surface area contributed by atoms with Crippen LogP contribution >= 0.6 is 12.4 Å². The van der Waals surface area contributed by atoms with Crippen molar-refractivity contribution in [2.45, 2.75) is 12.0 Å². The van der Waals surface area contributed by atoms with E-state index in [9.17, 15) is 0 Å². The molecule has 3 heteroatoms. The lowest BCUT2D eigenvalue weighted by atomic mass is 10.3. The van der Waals surface area contributed by atoms with Crippen LogP contribution in [-0.2, 0) is 4.74 Å². The second-order valence-corrected chi connectivity index (χ2v) is 2.65. The van der Waals surface area contributed by atoms with Gasteiger partial charge in [0.25, 0.3) is 0 Å². The molecule has 0 radical (unpaired) electrons. The Morgan fingerprint density at radius 1 is 1.62 bits per heavy atom. The summed E-state index contributed by atoms with van der Waals surface area (Å²) in [6.45, 7) is 1.72. The van der Waals surface area contributed by atoms with E-state index < -0.39 is 0 Å². The molecule has 48 valence electrons. The van der Waals surface area contributed by atoms with Crippen LogP contribution in [0.1, 0.15) is 6.42 Å². The second kappa shape index (κ2) is 1.59. The Morgan fingerprint density at radius 3 is 2.50 bits per heavy atom. The minimum absolute atomic E-state index is 0. The zero-order chi connectivity index (χ0) is 4.91. The van der Waals surface area contributed by atoms with Gasteiger partial charge in [-0.25, -0.2) is 0 Å². The monoisotopic (exact) mass is 135 g/mol. The molecule has 2 atom stereocenters. The van der Waals surface area contributed by atoms with Gasteiger partial charge in [-0.05, 0) is 6.42 Å². The van der Waals surface area contributed by atoms with Gasteiger partial charge in [0, 0.05) is 11.5 Å². The van der Waals surface area contributed by atoms with Gasteiger partial charge in [-0.3, -0.25) is 0 Å². The summed E-state index contributed by atoms with van der Waals surface area (Å²) in [4.78, 5) is 0. The van der Waals surface area contributed by atoms with E-state index in [0.29, 0.717) is 5.92 Å². The Kier molecular flexibility index (Phi) is 1.26. The van der Waals surface area contributed by atoms with Gasteiger partial charge in [0.1, 0.15) is 0 Å². The van der Waals surface area contributed by atoms with Crippen molar-refractivity contribution in [3.05, 3.63) is 0 Å².